The lowest BCUT2D eigenvalue weighted by Crippen LogP contribution is -2.27. The Hall–Kier alpha value is -3.13. The number of fused-ring (bicyclic) bond motifs is 1. The first-order chi connectivity index (χ1) is 14.6. The Balaban J connectivity index is 1.77. The highest BCUT2D eigenvalue weighted by Crippen LogP contribution is 2.25. The van der Waals surface area contributed by atoms with Crippen LogP contribution >= 0.6 is 0 Å². The Bertz CT molecular complexity index is 1220. The van der Waals surface area contributed by atoms with E-state index in [-0.39, 0.29) is 11.9 Å². The van der Waals surface area contributed by atoms with E-state index >= 15 is 0 Å². The molecule has 0 saturated carbocycles. The van der Waals surface area contributed by atoms with E-state index in [2.05, 4.69) is 10.3 Å². The van der Waals surface area contributed by atoms with Gasteiger partial charge in [-0.25, -0.2) is 13.4 Å². The predicted octanol–water partition coefficient (Wildman–Crippen LogP) is 3.83. The van der Waals surface area contributed by atoms with Gasteiger partial charge in [-0.3, -0.25) is 9.10 Å². The van der Waals surface area contributed by atoms with E-state index in [1.165, 1.54) is 17.6 Å². The zero-order valence-corrected chi connectivity index (χ0v) is 19.2. The van der Waals surface area contributed by atoms with Gasteiger partial charge in [-0.05, 0) is 62.2 Å². The van der Waals surface area contributed by atoms with Crippen LogP contribution in [0.1, 0.15) is 41.4 Å². The van der Waals surface area contributed by atoms with Crippen LogP contribution in [0.5, 0.6) is 5.88 Å². The topological polar surface area (TPSA) is 88.6 Å². The predicted molar refractivity (Wildman–Crippen MR) is 123 cm³/mol. The number of nitrogens with one attached hydrogen (secondary N) is 1. The Morgan fingerprint density at radius 3 is 2.55 bits per heavy atom. The minimum Gasteiger partial charge on any atom is -0.478 e. The number of amides is 1. The van der Waals surface area contributed by atoms with E-state index in [0.717, 1.165) is 22.0 Å². The molecule has 0 radical (unpaired) electrons. The Morgan fingerprint density at radius 1 is 1.16 bits per heavy atom. The molecule has 0 bridgehead atoms. The third-order valence-corrected chi connectivity index (χ3v) is 6.31. The van der Waals surface area contributed by atoms with E-state index in [1.807, 2.05) is 39.0 Å². The highest BCUT2D eigenvalue weighted by molar-refractivity contribution is 7.92. The molecule has 0 aliphatic rings. The van der Waals surface area contributed by atoms with Gasteiger partial charge in [-0.2, -0.15) is 0 Å². The lowest BCUT2D eigenvalue weighted by Gasteiger charge is -2.21. The molecule has 2 aromatic carbocycles. The smallest absolute Gasteiger partial charge is 0.251 e. The average molecular weight is 442 g/mol. The van der Waals surface area contributed by atoms with Gasteiger partial charge < -0.3 is 10.1 Å². The molecule has 1 heterocycles. The number of aromatic nitrogens is 1. The molecule has 3 rings (SSSR count). The minimum absolute atomic E-state index is 0.196. The summed E-state index contributed by atoms with van der Waals surface area (Å²) in [5, 5.41) is 3.85. The summed E-state index contributed by atoms with van der Waals surface area (Å²) in [5.74, 6) is 0.361. The van der Waals surface area contributed by atoms with Crippen LogP contribution in [-0.4, -0.2) is 39.2 Å². The first-order valence-corrected chi connectivity index (χ1v) is 11.8. The van der Waals surface area contributed by atoms with Gasteiger partial charge in [0.2, 0.25) is 15.9 Å². The maximum absolute atomic E-state index is 12.8. The van der Waals surface area contributed by atoms with Gasteiger partial charge in [0.25, 0.3) is 5.91 Å². The third kappa shape index (κ3) is 5.14. The van der Waals surface area contributed by atoms with Crippen LogP contribution in [0.2, 0.25) is 0 Å². The van der Waals surface area contributed by atoms with E-state index in [0.29, 0.717) is 23.7 Å². The second-order valence-corrected chi connectivity index (χ2v) is 9.48. The number of ether oxygens (including phenoxy) is 1. The fourth-order valence-corrected chi connectivity index (χ4v) is 3.88. The summed E-state index contributed by atoms with van der Waals surface area (Å²) in [5.41, 5.74) is 3.61. The number of hydrogen-bond acceptors (Lipinski definition) is 5. The van der Waals surface area contributed by atoms with Crippen molar-refractivity contribution in [3.63, 3.8) is 0 Å². The quantitative estimate of drug-likeness (QED) is 0.602. The summed E-state index contributed by atoms with van der Waals surface area (Å²) < 4.78 is 30.3. The molecule has 31 heavy (non-hydrogen) atoms. The molecular weight excluding hydrogens is 414 g/mol. The van der Waals surface area contributed by atoms with E-state index < -0.39 is 10.0 Å². The van der Waals surface area contributed by atoms with Gasteiger partial charge in [0.15, 0.2) is 0 Å². The number of benzene rings is 2. The van der Waals surface area contributed by atoms with Crippen molar-refractivity contribution < 1.29 is 17.9 Å². The van der Waals surface area contributed by atoms with Crippen LogP contribution in [-0.2, 0) is 10.0 Å². The maximum atomic E-state index is 12.8. The van der Waals surface area contributed by atoms with Crippen molar-refractivity contribution in [3.8, 4) is 5.88 Å². The van der Waals surface area contributed by atoms with Crippen molar-refractivity contribution in [1.82, 2.24) is 10.3 Å². The van der Waals surface area contributed by atoms with Crippen LogP contribution < -0.4 is 14.4 Å². The molecule has 0 aliphatic heterocycles. The number of anilines is 1. The van der Waals surface area contributed by atoms with Crippen molar-refractivity contribution in [2.24, 2.45) is 0 Å². The highest BCUT2D eigenvalue weighted by atomic mass is 32.2. The number of nitrogens with zero attached hydrogens (tertiary/aromatic N) is 2. The average Bonchev–Trinajstić information content (AvgIpc) is 2.72. The largest absolute Gasteiger partial charge is 0.478 e. The van der Waals surface area contributed by atoms with Crippen molar-refractivity contribution in [2.45, 2.75) is 26.8 Å². The van der Waals surface area contributed by atoms with Crippen LogP contribution in [0.4, 0.5) is 5.69 Å². The number of hydrogen-bond donors (Lipinski definition) is 1. The number of pyridine rings is 1. The second-order valence-electron chi connectivity index (χ2n) is 7.46. The third-order valence-electron chi connectivity index (χ3n) is 5.12. The monoisotopic (exact) mass is 441 g/mol. The van der Waals surface area contributed by atoms with Crippen LogP contribution in [0.15, 0.2) is 48.5 Å². The SMILES string of the molecule is CCOc1ccc2cc(C(=O)N[C@H](C)c3ccc(N(C)S(C)(=O)=O)c(C)c3)ccc2n1. The fourth-order valence-electron chi connectivity index (χ4n) is 3.32. The van der Waals surface area contributed by atoms with Crippen molar-refractivity contribution in [1.29, 1.82) is 0 Å². The molecule has 0 spiro atoms. The van der Waals surface area contributed by atoms with Gasteiger partial charge in [-0.15, -0.1) is 0 Å². The molecule has 3 aromatic rings. The van der Waals surface area contributed by atoms with Crippen LogP contribution in [0.3, 0.4) is 0 Å². The first-order valence-electron chi connectivity index (χ1n) is 9.99. The molecule has 7 nitrogen and oxygen atoms in total. The Kier molecular flexibility index (Phi) is 6.50. The highest BCUT2D eigenvalue weighted by Gasteiger charge is 2.17. The zero-order chi connectivity index (χ0) is 22.8. The molecule has 1 amide bonds. The van der Waals surface area contributed by atoms with Crippen LogP contribution in [0, 0.1) is 6.92 Å². The molecule has 0 saturated heterocycles. The number of rotatable bonds is 7. The normalized spacial score (nSPS) is 12.4. The number of carbonyl (C=O) groups is 1. The van der Waals surface area contributed by atoms with Gasteiger partial charge in [0.05, 0.1) is 30.1 Å². The zero-order valence-electron chi connectivity index (χ0n) is 18.3. The summed E-state index contributed by atoms with van der Waals surface area (Å²) >= 11 is 0. The standard InChI is InChI=1S/C23H27N3O4S/c1-6-30-22-12-9-18-14-19(7-10-20(18)25-22)23(27)24-16(3)17-8-11-21(15(2)13-17)26(4)31(5,28)29/h7-14,16H,6H2,1-5H3,(H,24,27)/t16-/m1/s1. The molecule has 0 unspecified atom stereocenters. The molecule has 0 aliphatic carbocycles. The summed E-state index contributed by atoms with van der Waals surface area (Å²) in [6.07, 6.45) is 1.17. The second kappa shape index (κ2) is 8.93. The summed E-state index contributed by atoms with van der Waals surface area (Å²) in [6.45, 7) is 6.19. The Morgan fingerprint density at radius 2 is 1.90 bits per heavy atom. The van der Waals surface area contributed by atoms with Crippen molar-refractivity contribution >= 4 is 32.5 Å². The van der Waals surface area contributed by atoms with E-state index in [1.54, 1.807) is 30.3 Å². The molecule has 0 fully saturated rings. The van der Waals surface area contributed by atoms with Gasteiger partial charge in [-0.1, -0.05) is 12.1 Å². The fraction of sp³-hybridized carbons (Fsp3) is 0.304. The summed E-state index contributed by atoms with van der Waals surface area (Å²) in [4.78, 5) is 17.2. The molecule has 8 heteroatoms. The van der Waals surface area contributed by atoms with Gasteiger partial charge >= 0.3 is 0 Å². The van der Waals surface area contributed by atoms with Crippen molar-refractivity contribution in [2.75, 3.05) is 24.2 Å². The number of sulfonamides is 1. The molecular formula is C23H27N3O4S. The lowest BCUT2D eigenvalue weighted by molar-refractivity contribution is 0.0940. The molecule has 1 aromatic heterocycles. The van der Waals surface area contributed by atoms with Crippen molar-refractivity contribution in [3.05, 3.63) is 65.2 Å². The number of aryl methyl sites for hydroxylation is 1. The van der Waals surface area contributed by atoms with E-state index in [9.17, 15) is 13.2 Å². The Labute approximate surface area is 183 Å². The van der Waals surface area contributed by atoms with Gasteiger partial charge in [0, 0.05) is 24.1 Å². The summed E-state index contributed by atoms with van der Waals surface area (Å²) in [7, 11) is -1.82. The first kappa shape index (κ1) is 22.6. The molecule has 164 valence electrons. The molecule has 1 atom stereocenters. The maximum Gasteiger partial charge on any atom is 0.251 e. The van der Waals surface area contributed by atoms with E-state index in [4.69, 9.17) is 4.74 Å². The van der Waals surface area contributed by atoms with Crippen LogP contribution in [0.25, 0.3) is 10.9 Å². The molecule has 1 N–H and O–H groups in total. The minimum atomic E-state index is -3.34. The van der Waals surface area contributed by atoms with Gasteiger partial charge in [0.1, 0.15) is 0 Å². The summed E-state index contributed by atoms with van der Waals surface area (Å²) in [6, 6.07) is 14.2. The number of carbonyl (C=O) groups excluding carboxylic acids is 1. The lowest BCUT2D eigenvalue weighted by atomic mass is 10.0.